The molecule has 0 unspecified atom stereocenters. The van der Waals surface area contributed by atoms with Gasteiger partial charge in [-0.2, -0.15) is 0 Å². The van der Waals surface area contributed by atoms with E-state index in [1.165, 1.54) is 23.5 Å². The van der Waals surface area contributed by atoms with Gasteiger partial charge in [-0.15, -0.1) is 11.8 Å². The van der Waals surface area contributed by atoms with E-state index >= 15 is 0 Å². The zero-order chi connectivity index (χ0) is 16.2. The summed E-state index contributed by atoms with van der Waals surface area (Å²) < 4.78 is 19.6. The van der Waals surface area contributed by atoms with Crippen molar-refractivity contribution in [3.8, 4) is 5.75 Å². The van der Waals surface area contributed by atoms with E-state index in [1.54, 1.807) is 23.9 Å². The summed E-state index contributed by atoms with van der Waals surface area (Å²) in [6, 6.07) is 11.9. The lowest BCUT2D eigenvalue weighted by Crippen LogP contribution is -2.20. The molecule has 1 N–H and O–H groups in total. The number of para-hydroxylation sites is 1. The topological polar surface area (TPSA) is 51.2 Å². The first kappa shape index (κ1) is 15.8. The zero-order valence-electron chi connectivity index (χ0n) is 12.2. The molecule has 2 aromatic carbocycles. The zero-order valence-corrected chi connectivity index (χ0v) is 13.8. The Morgan fingerprint density at radius 1 is 1.35 bits per heavy atom. The van der Waals surface area contributed by atoms with E-state index in [4.69, 9.17) is 4.74 Å². The van der Waals surface area contributed by atoms with Crippen LogP contribution in [0.2, 0.25) is 0 Å². The molecule has 4 nitrogen and oxygen atoms in total. The van der Waals surface area contributed by atoms with E-state index in [-0.39, 0.29) is 18.3 Å². The number of nitrogens with zero attached hydrogens (tertiary/aromatic N) is 1. The number of thiazole rings is 1. The lowest BCUT2D eigenvalue weighted by atomic mass is 10.3. The smallest absolute Gasteiger partial charge is 0.264 e. The second kappa shape index (κ2) is 6.97. The summed E-state index contributed by atoms with van der Waals surface area (Å²) in [6.45, 7) is -0.271. The minimum atomic E-state index is -0.495. The molecule has 1 heterocycles. The first-order chi connectivity index (χ1) is 11.2. The average molecular weight is 348 g/mol. The van der Waals surface area contributed by atoms with Crippen LogP contribution in [0.1, 0.15) is 0 Å². The van der Waals surface area contributed by atoms with Crippen molar-refractivity contribution in [3.63, 3.8) is 0 Å². The first-order valence-electron chi connectivity index (χ1n) is 6.77. The van der Waals surface area contributed by atoms with E-state index in [0.717, 1.165) is 15.1 Å². The van der Waals surface area contributed by atoms with Crippen LogP contribution >= 0.6 is 23.1 Å². The standard InChI is InChI=1S/C16H13FN2O2S2/c1-22-10-6-7-12-14(8-10)23-16(18-12)19-15(20)9-21-13-5-3-2-4-11(13)17/h2-8H,9H2,1H3,(H,18,19,20). The number of amides is 1. The fraction of sp³-hybridized carbons (Fsp3) is 0.125. The third-order valence-electron chi connectivity index (χ3n) is 3.04. The molecule has 118 valence electrons. The lowest BCUT2D eigenvalue weighted by molar-refractivity contribution is -0.118. The average Bonchev–Trinajstić information content (AvgIpc) is 2.95. The monoisotopic (exact) mass is 348 g/mol. The fourth-order valence-corrected chi connectivity index (χ4v) is 3.38. The number of rotatable bonds is 5. The molecule has 0 aliphatic heterocycles. The Morgan fingerprint density at radius 2 is 2.17 bits per heavy atom. The number of carbonyl (C=O) groups excluding carboxylic acids is 1. The van der Waals surface area contributed by atoms with Crippen LogP contribution in [-0.2, 0) is 4.79 Å². The number of hydrogen-bond donors (Lipinski definition) is 1. The highest BCUT2D eigenvalue weighted by atomic mass is 32.2. The van der Waals surface area contributed by atoms with Crippen molar-refractivity contribution in [2.75, 3.05) is 18.2 Å². The molecule has 0 bridgehead atoms. The van der Waals surface area contributed by atoms with Gasteiger partial charge in [0.2, 0.25) is 0 Å². The maximum absolute atomic E-state index is 13.4. The fourth-order valence-electron chi connectivity index (χ4n) is 1.95. The van der Waals surface area contributed by atoms with E-state index in [0.29, 0.717) is 5.13 Å². The number of ether oxygens (including phenoxy) is 1. The van der Waals surface area contributed by atoms with Gasteiger partial charge in [0.25, 0.3) is 5.91 Å². The maximum atomic E-state index is 13.4. The number of benzene rings is 2. The van der Waals surface area contributed by atoms with Crippen molar-refractivity contribution in [3.05, 3.63) is 48.3 Å². The van der Waals surface area contributed by atoms with Crippen LogP contribution in [0.4, 0.5) is 9.52 Å². The Kier molecular flexibility index (Phi) is 4.78. The Labute approximate surface area is 140 Å². The molecule has 1 aromatic heterocycles. The quantitative estimate of drug-likeness (QED) is 0.703. The normalized spacial score (nSPS) is 10.7. The second-order valence-electron chi connectivity index (χ2n) is 4.62. The highest BCUT2D eigenvalue weighted by molar-refractivity contribution is 7.98. The summed E-state index contributed by atoms with van der Waals surface area (Å²) in [5, 5.41) is 3.17. The van der Waals surface area contributed by atoms with Crippen molar-refractivity contribution >= 4 is 44.4 Å². The highest BCUT2D eigenvalue weighted by Gasteiger charge is 2.10. The largest absolute Gasteiger partial charge is 0.481 e. The third-order valence-corrected chi connectivity index (χ3v) is 4.70. The molecule has 0 aliphatic rings. The third kappa shape index (κ3) is 3.80. The second-order valence-corrected chi connectivity index (χ2v) is 6.53. The van der Waals surface area contributed by atoms with Gasteiger partial charge in [-0.25, -0.2) is 9.37 Å². The van der Waals surface area contributed by atoms with E-state index in [1.807, 2.05) is 24.5 Å². The van der Waals surface area contributed by atoms with Gasteiger partial charge in [-0.05, 0) is 36.6 Å². The van der Waals surface area contributed by atoms with Crippen LogP contribution in [0.3, 0.4) is 0 Å². The molecule has 0 saturated carbocycles. The maximum Gasteiger partial charge on any atom is 0.264 e. The van der Waals surface area contributed by atoms with Crippen molar-refractivity contribution in [2.24, 2.45) is 0 Å². The van der Waals surface area contributed by atoms with Crippen LogP contribution in [0, 0.1) is 5.82 Å². The predicted octanol–water partition coefficient (Wildman–Crippen LogP) is 4.17. The SMILES string of the molecule is CSc1ccc2nc(NC(=O)COc3ccccc3F)sc2c1. The van der Waals surface area contributed by atoms with Crippen LogP contribution in [0.25, 0.3) is 10.2 Å². The van der Waals surface area contributed by atoms with Crippen molar-refractivity contribution < 1.29 is 13.9 Å². The Balaban J connectivity index is 1.64. The number of carbonyl (C=O) groups is 1. The van der Waals surface area contributed by atoms with E-state index in [9.17, 15) is 9.18 Å². The van der Waals surface area contributed by atoms with Gasteiger partial charge in [-0.3, -0.25) is 10.1 Å². The first-order valence-corrected chi connectivity index (χ1v) is 8.81. The van der Waals surface area contributed by atoms with Crippen LogP contribution in [0.5, 0.6) is 5.75 Å². The summed E-state index contributed by atoms with van der Waals surface area (Å²) in [4.78, 5) is 17.4. The van der Waals surface area contributed by atoms with Crippen molar-refractivity contribution in [1.29, 1.82) is 0 Å². The number of hydrogen-bond acceptors (Lipinski definition) is 5. The number of nitrogens with one attached hydrogen (secondary N) is 1. The molecule has 3 aromatic rings. The highest BCUT2D eigenvalue weighted by Crippen LogP contribution is 2.29. The summed E-state index contributed by atoms with van der Waals surface area (Å²) >= 11 is 3.04. The molecule has 0 saturated heterocycles. The molecule has 23 heavy (non-hydrogen) atoms. The summed E-state index contributed by atoms with van der Waals surface area (Å²) in [5.41, 5.74) is 0.832. The van der Waals surface area contributed by atoms with Gasteiger partial charge in [0.15, 0.2) is 23.3 Å². The Morgan fingerprint density at radius 3 is 2.96 bits per heavy atom. The van der Waals surface area contributed by atoms with E-state index < -0.39 is 5.82 Å². The van der Waals surface area contributed by atoms with E-state index in [2.05, 4.69) is 10.3 Å². The van der Waals surface area contributed by atoms with Crippen LogP contribution in [-0.4, -0.2) is 23.8 Å². The van der Waals surface area contributed by atoms with Gasteiger partial charge in [0, 0.05) is 4.90 Å². The minimum Gasteiger partial charge on any atom is -0.481 e. The molecule has 0 fully saturated rings. The molecule has 0 spiro atoms. The van der Waals surface area contributed by atoms with Gasteiger partial charge < -0.3 is 4.74 Å². The van der Waals surface area contributed by atoms with Gasteiger partial charge >= 0.3 is 0 Å². The summed E-state index contributed by atoms with van der Waals surface area (Å²) in [5.74, 6) is -0.821. The molecule has 0 radical (unpaired) electrons. The molecule has 7 heteroatoms. The predicted molar refractivity (Wildman–Crippen MR) is 91.9 cm³/mol. The Bertz CT molecular complexity index is 851. The number of fused-ring (bicyclic) bond motifs is 1. The lowest BCUT2D eigenvalue weighted by Gasteiger charge is -2.06. The van der Waals surface area contributed by atoms with Gasteiger partial charge in [-0.1, -0.05) is 23.5 Å². The van der Waals surface area contributed by atoms with Crippen LogP contribution in [0.15, 0.2) is 47.4 Å². The minimum absolute atomic E-state index is 0.0524. The van der Waals surface area contributed by atoms with Gasteiger partial charge in [0.1, 0.15) is 0 Å². The number of halogens is 1. The number of anilines is 1. The molecule has 3 rings (SSSR count). The molecule has 1 amide bonds. The van der Waals surface area contributed by atoms with Crippen molar-refractivity contribution in [1.82, 2.24) is 4.98 Å². The summed E-state index contributed by atoms with van der Waals surface area (Å²) in [6.07, 6.45) is 2.00. The Hall–Kier alpha value is -2.12. The molecule has 0 aliphatic carbocycles. The summed E-state index contributed by atoms with van der Waals surface area (Å²) in [7, 11) is 0. The number of thioether (sulfide) groups is 1. The molecular weight excluding hydrogens is 335 g/mol. The van der Waals surface area contributed by atoms with Crippen LogP contribution < -0.4 is 10.1 Å². The molecular formula is C16H13FN2O2S2. The molecule has 0 atom stereocenters. The van der Waals surface area contributed by atoms with Gasteiger partial charge in [0.05, 0.1) is 10.2 Å². The van der Waals surface area contributed by atoms with Crippen molar-refractivity contribution in [2.45, 2.75) is 4.90 Å². The number of aromatic nitrogens is 1.